The van der Waals surface area contributed by atoms with Crippen LogP contribution in [0.1, 0.15) is 11.3 Å². The van der Waals surface area contributed by atoms with Crippen molar-refractivity contribution in [3.05, 3.63) is 121 Å². The largest absolute Gasteiger partial charge is 0.497 e. The van der Waals surface area contributed by atoms with Gasteiger partial charge in [0.2, 0.25) is 0 Å². The number of hydrogen-bond acceptors (Lipinski definition) is 4. The molecule has 150 valence electrons. The number of rotatable bonds is 8. The number of pyridine rings is 1. The Morgan fingerprint density at radius 2 is 1.47 bits per heavy atom. The zero-order valence-corrected chi connectivity index (χ0v) is 17.7. The van der Waals surface area contributed by atoms with Gasteiger partial charge in [-0.15, -0.1) is 11.8 Å². The first-order chi connectivity index (χ1) is 14.8. The third-order valence-corrected chi connectivity index (χ3v) is 6.20. The van der Waals surface area contributed by atoms with Crippen molar-refractivity contribution in [2.45, 2.75) is 10.4 Å². The molecule has 3 nitrogen and oxygen atoms in total. The number of aromatic nitrogens is 1. The average Bonchev–Trinajstić information content (AvgIpc) is 2.84. The highest BCUT2D eigenvalue weighted by molar-refractivity contribution is 7.99. The van der Waals surface area contributed by atoms with Gasteiger partial charge in [-0.1, -0.05) is 54.6 Å². The number of ether oxygens (including phenoxy) is 1. The van der Waals surface area contributed by atoms with Crippen LogP contribution in [0.4, 0.5) is 5.69 Å². The number of benzene rings is 3. The maximum absolute atomic E-state index is 5.33. The molecule has 4 aromatic rings. The minimum absolute atomic E-state index is 0.502. The summed E-state index contributed by atoms with van der Waals surface area (Å²) in [7, 11) is 1.68. The summed E-state index contributed by atoms with van der Waals surface area (Å²) in [4.78, 5) is 6.00. The molecule has 0 aliphatic rings. The van der Waals surface area contributed by atoms with Crippen LogP contribution < -0.4 is 10.1 Å². The molecule has 0 aliphatic heterocycles. The number of thioether (sulfide) groups is 1. The Balaban J connectivity index is 1.79. The van der Waals surface area contributed by atoms with Crippen LogP contribution in [-0.4, -0.2) is 17.8 Å². The van der Waals surface area contributed by atoms with Crippen LogP contribution in [0.5, 0.6) is 5.75 Å². The first kappa shape index (κ1) is 20.0. The number of anilines is 1. The van der Waals surface area contributed by atoms with E-state index in [0.29, 0.717) is 0 Å². The Morgan fingerprint density at radius 3 is 2.10 bits per heavy atom. The maximum atomic E-state index is 5.33. The molecule has 0 fully saturated rings. The molecule has 0 amide bonds. The van der Waals surface area contributed by atoms with Crippen LogP contribution in [0.15, 0.2) is 114 Å². The van der Waals surface area contributed by atoms with Gasteiger partial charge in [0.25, 0.3) is 0 Å². The van der Waals surface area contributed by atoms with Crippen molar-refractivity contribution in [2.75, 3.05) is 18.2 Å². The molecule has 1 atom stereocenters. The van der Waals surface area contributed by atoms with Crippen molar-refractivity contribution >= 4 is 17.4 Å². The first-order valence-electron chi connectivity index (χ1n) is 9.87. The van der Waals surface area contributed by atoms with E-state index in [9.17, 15) is 0 Å². The SMILES string of the molecule is COc1ccc(NC(CSc2ccccc2)(c2ccccc2)c2ccccn2)cc1. The Bertz CT molecular complexity index is 999. The van der Waals surface area contributed by atoms with Gasteiger partial charge in [-0.3, -0.25) is 4.98 Å². The lowest BCUT2D eigenvalue weighted by atomic mass is 9.87. The van der Waals surface area contributed by atoms with E-state index in [0.717, 1.165) is 22.9 Å². The average molecular weight is 413 g/mol. The van der Waals surface area contributed by atoms with Gasteiger partial charge in [0.05, 0.1) is 12.8 Å². The Kier molecular flexibility index (Phi) is 6.35. The molecule has 1 unspecified atom stereocenters. The first-order valence-corrected chi connectivity index (χ1v) is 10.9. The lowest BCUT2D eigenvalue weighted by molar-refractivity contribution is 0.415. The highest BCUT2D eigenvalue weighted by Crippen LogP contribution is 2.38. The van der Waals surface area contributed by atoms with E-state index in [4.69, 9.17) is 9.72 Å². The molecule has 0 aliphatic carbocycles. The predicted molar refractivity (Wildman–Crippen MR) is 125 cm³/mol. The van der Waals surface area contributed by atoms with Crippen LogP contribution in [-0.2, 0) is 5.54 Å². The molecule has 0 bridgehead atoms. The number of nitrogens with one attached hydrogen (secondary N) is 1. The Hall–Kier alpha value is -3.24. The lowest BCUT2D eigenvalue weighted by Crippen LogP contribution is -2.40. The van der Waals surface area contributed by atoms with Gasteiger partial charge in [0.15, 0.2) is 0 Å². The van der Waals surface area contributed by atoms with E-state index in [-0.39, 0.29) is 0 Å². The fourth-order valence-corrected chi connectivity index (χ4v) is 4.56. The molecule has 0 saturated heterocycles. The maximum Gasteiger partial charge on any atom is 0.119 e. The molecule has 0 saturated carbocycles. The van der Waals surface area contributed by atoms with Crippen molar-refractivity contribution in [1.82, 2.24) is 4.98 Å². The van der Waals surface area contributed by atoms with E-state index >= 15 is 0 Å². The summed E-state index contributed by atoms with van der Waals surface area (Å²) in [6, 6.07) is 35.1. The van der Waals surface area contributed by atoms with Crippen molar-refractivity contribution in [2.24, 2.45) is 0 Å². The third-order valence-electron chi connectivity index (χ3n) is 5.02. The van der Waals surface area contributed by atoms with E-state index < -0.39 is 5.54 Å². The van der Waals surface area contributed by atoms with E-state index in [1.807, 2.05) is 66.5 Å². The summed E-state index contributed by atoms with van der Waals surface area (Å²) < 4.78 is 5.33. The van der Waals surface area contributed by atoms with Gasteiger partial charge in [-0.2, -0.15) is 0 Å². The Labute approximate surface area is 182 Å². The highest BCUT2D eigenvalue weighted by Gasteiger charge is 2.36. The second-order valence-electron chi connectivity index (χ2n) is 6.94. The van der Waals surface area contributed by atoms with Crippen molar-refractivity contribution in [1.29, 1.82) is 0 Å². The van der Waals surface area contributed by atoms with E-state index in [2.05, 4.69) is 59.9 Å². The Morgan fingerprint density at radius 1 is 0.800 bits per heavy atom. The molecular weight excluding hydrogens is 388 g/mol. The fraction of sp³-hybridized carbons (Fsp3) is 0.115. The van der Waals surface area contributed by atoms with Crippen molar-refractivity contribution < 1.29 is 4.74 Å². The van der Waals surface area contributed by atoms with Gasteiger partial charge < -0.3 is 10.1 Å². The zero-order valence-electron chi connectivity index (χ0n) is 16.9. The van der Waals surface area contributed by atoms with E-state index in [1.165, 1.54) is 10.5 Å². The van der Waals surface area contributed by atoms with Gasteiger partial charge in [-0.05, 0) is 54.1 Å². The summed E-state index contributed by atoms with van der Waals surface area (Å²) in [5.74, 6) is 1.62. The van der Waals surface area contributed by atoms with E-state index in [1.54, 1.807) is 7.11 Å². The summed E-state index contributed by atoms with van der Waals surface area (Å²) >= 11 is 1.82. The summed E-state index contributed by atoms with van der Waals surface area (Å²) in [6.07, 6.45) is 1.86. The fourth-order valence-electron chi connectivity index (χ4n) is 3.44. The second-order valence-corrected chi connectivity index (χ2v) is 7.99. The standard InChI is InChI=1S/C26H24N2OS/c1-29-23-17-15-22(16-18-23)28-26(21-10-4-2-5-11-21,25-14-8-9-19-27-25)20-30-24-12-6-3-7-13-24/h2-19,28H,20H2,1H3. The second kappa shape index (κ2) is 9.51. The molecule has 4 heteroatoms. The minimum Gasteiger partial charge on any atom is -0.497 e. The number of nitrogens with zero attached hydrogens (tertiary/aromatic N) is 1. The van der Waals surface area contributed by atoms with Gasteiger partial charge >= 0.3 is 0 Å². The summed E-state index contributed by atoms with van der Waals surface area (Å²) in [5.41, 5.74) is 2.66. The van der Waals surface area contributed by atoms with Gasteiger partial charge in [-0.25, -0.2) is 0 Å². The van der Waals surface area contributed by atoms with Crippen LogP contribution in [0, 0.1) is 0 Å². The van der Waals surface area contributed by atoms with Crippen LogP contribution >= 0.6 is 11.8 Å². The summed E-state index contributed by atoms with van der Waals surface area (Å²) in [6.45, 7) is 0. The smallest absolute Gasteiger partial charge is 0.119 e. The highest BCUT2D eigenvalue weighted by atomic mass is 32.2. The third kappa shape index (κ3) is 4.50. The molecule has 0 radical (unpaired) electrons. The van der Waals surface area contributed by atoms with Crippen LogP contribution in [0.2, 0.25) is 0 Å². The summed E-state index contributed by atoms with van der Waals surface area (Å²) in [5, 5.41) is 3.81. The van der Waals surface area contributed by atoms with Crippen molar-refractivity contribution in [3.63, 3.8) is 0 Å². The molecule has 30 heavy (non-hydrogen) atoms. The van der Waals surface area contributed by atoms with Crippen molar-refractivity contribution in [3.8, 4) is 5.75 Å². The molecule has 4 rings (SSSR count). The molecular formula is C26H24N2OS. The lowest BCUT2D eigenvalue weighted by Gasteiger charge is -2.36. The number of hydrogen-bond donors (Lipinski definition) is 1. The predicted octanol–water partition coefficient (Wildman–Crippen LogP) is 6.24. The zero-order chi connectivity index (χ0) is 20.7. The van der Waals surface area contributed by atoms with Crippen LogP contribution in [0.3, 0.4) is 0 Å². The number of methoxy groups -OCH3 is 1. The molecule has 0 spiro atoms. The molecule has 3 aromatic carbocycles. The molecule has 1 heterocycles. The minimum atomic E-state index is -0.502. The van der Waals surface area contributed by atoms with Crippen LogP contribution in [0.25, 0.3) is 0 Å². The van der Waals surface area contributed by atoms with Gasteiger partial charge in [0.1, 0.15) is 11.3 Å². The topological polar surface area (TPSA) is 34.1 Å². The molecule has 1 aromatic heterocycles. The normalized spacial score (nSPS) is 12.7. The molecule has 1 N–H and O–H groups in total. The van der Waals surface area contributed by atoms with Gasteiger partial charge in [0, 0.05) is 22.5 Å². The monoisotopic (exact) mass is 412 g/mol. The quantitative estimate of drug-likeness (QED) is 0.348.